The summed E-state index contributed by atoms with van der Waals surface area (Å²) in [6.45, 7) is 0.847. The van der Waals surface area contributed by atoms with Crippen molar-refractivity contribution >= 4 is 19.1 Å². The summed E-state index contributed by atoms with van der Waals surface area (Å²) in [6.07, 6.45) is 1.84. The Labute approximate surface area is 79.1 Å². The molecule has 1 aromatic rings. The second kappa shape index (κ2) is 3.89. The molecular formula is C10H12NOP. The van der Waals surface area contributed by atoms with Gasteiger partial charge >= 0.3 is 0 Å². The number of rotatable bonds is 1. The van der Waals surface area contributed by atoms with Gasteiger partial charge in [-0.25, -0.2) is 0 Å². The van der Waals surface area contributed by atoms with Crippen LogP contribution in [-0.4, -0.2) is 24.8 Å². The van der Waals surface area contributed by atoms with E-state index in [0.29, 0.717) is 6.16 Å². The van der Waals surface area contributed by atoms with E-state index in [4.69, 9.17) is 0 Å². The number of hydrogen-bond donors (Lipinski definition) is 1. The van der Waals surface area contributed by atoms with Crippen molar-refractivity contribution in [2.24, 2.45) is 0 Å². The Morgan fingerprint density at radius 1 is 1.23 bits per heavy atom. The Hall–Kier alpha value is -0.880. The molecule has 68 valence electrons. The first-order valence-corrected chi connectivity index (χ1v) is 6.14. The van der Waals surface area contributed by atoms with Crippen LogP contribution >= 0.6 is 7.92 Å². The largest absolute Gasteiger partial charge is 0.355 e. The van der Waals surface area contributed by atoms with Gasteiger partial charge in [0.05, 0.1) is 6.16 Å². The molecule has 1 fully saturated rings. The molecule has 0 spiro atoms. The van der Waals surface area contributed by atoms with Crippen molar-refractivity contribution in [3.8, 4) is 0 Å². The Bertz CT molecular complexity index is 299. The molecule has 3 heteroatoms. The lowest BCUT2D eigenvalue weighted by Gasteiger charge is -2.22. The van der Waals surface area contributed by atoms with Gasteiger partial charge in [0, 0.05) is 6.54 Å². The van der Waals surface area contributed by atoms with E-state index in [1.807, 2.05) is 18.2 Å². The van der Waals surface area contributed by atoms with Gasteiger partial charge in [-0.2, -0.15) is 0 Å². The molecule has 1 atom stereocenters. The fourth-order valence-corrected chi connectivity index (χ4v) is 3.53. The Morgan fingerprint density at radius 2 is 2.00 bits per heavy atom. The maximum absolute atomic E-state index is 11.2. The number of nitrogens with one attached hydrogen (secondary N) is 1. The zero-order chi connectivity index (χ0) is 9.10. The topological polar surface area (TPSA) is 29.1 Å². The van der Waals surface area contributed by atoms with Crippen LogP contribution in [0, 0.1) is 0 Å². The fraction of sp³-hybridized carbons (Fsp3) is 0.300. The van der Waals surface area contributed by atoms with Crippen LogP contribution in [0.4, 0.5) is 0 Å². The Balaban J connectivity index is 2.13. The molecule has 0 radical (unpaired) electrons. The minimum absolute atomic E-state index is 0.209. The van der Waals surface area contributed by atoms with E-state index in [1.165, 1.54) is 5.30 Å². The van der Waals surface area contributed by atoms with Crippen LogP contribution in [0.3, 0.4) is 0 Å². The highest BCUT2D eigenvalue weighted by Gasteiger charge is 2.19. The minimum Gasteiger partial charge on any atom is -0.355 e. The summed E-state index contributed by atoms with van der Waals surface area (Å²) >= 11 is 0. The normalized spacial score (nSPS) is 22.5. The highest BCUT2D eigenvalue weighted by Crippen LogP contribution is 2.34. The molecule has 1 aliphatic rings. The maximum Gasteiger partial charge on any atom is 0.224 e. The molecule has 1 saturated heterocycles. The van der Waals surface area contributed by atoms with E-state index < -0.39 is 0 Å². The van der Waals surface area contributed by atoms with Crippen LogP contribution in [0.15, 0.2) is 30.3 Å². The maximum atomic E-state index is 11.2. The summed E-state index contributed by atoms with van der Waals surface area (Å²) in [5, 5.41) is 4.21. The van der Waals surface area contributed by atoms with Crippen molar-refractivity contribution in [3.63, 3.8) is 0 Å². The molecule has 0 aliphatic carbocycles. The molecule has 0 bridgehead atoms. The van der Waals surface area contributed by atoms with Crippen LogP contribution < -0.4 is 10.6 Å². The van der Waals surface area contributed by atoms with Crippen molar-refractivity contribution in [1.29, 1.82) is 0 Å². The molecule has 1 heterocycles. The van der Waals surface area contributed by atoms with Gasteiger partial charge in [-0.1, -0.05) is 38.3 Å². The van der Waals surface area contributed by atoms with E-state index in [-0.39, 0.29) is 13.8 Å². The lowest BCUT2D eigenvalue weighted by Crippen LogP contribution is -2.35. The van der Waals surface area contributed by atoms with E-state index in [9.17, 15) is 4.79 Å². The molecule has 2 nitrogen and oxygen atoms in total. The van der Waals surface area contributed by atoms with E-state index in [0.717, 1.165) is 12.7 Å². The van der Waals surface area contributed by atoms with Crippen molar-refractivity contribution < 1.29 is 4.79 Å². The number of carbonyl (C=O) groups is 1. The predicted octanol–water partition coefficient (Wildman–Crippen LogP) is 0.924. The van der Waals surface area contributed by atoms with E-state index in [2.05, 4.69) is 17.4 Å². The number of carbonyl (C=O) groups excluding carboxylic acids is 1. The summed E-state index contributed by atoms with van der Waals surface area (Å²) in [5.74, 6) is 0.209. The molecule has 1 aromatic carbocycles. The highest BCUT2D eigenvalue weighted by atomic mass is 31.1. The summed E-state index contributed by atoms with van der Waals surface area (Å²) in [5.41, 5.74) is 0. The number of amides is 1. The zero-order valence-corrected chi connectivity index (χ0v) is 8.26. The molecular weight excluding hydrogens is 181 g/mol. The lowest BCUT2D eigenvalue weighted by atomic mass is 10.4. The van der Waals surface area contributed by atoms with Crippen molar-refractivity contribution in [3.05, 3.63) is 30.3 Å². The molecule has 0 saturated carbocycles. The van der Waals surface area contributed by atoms with Crippen LogP contribution in [0.2, 0.25) is 0 Å². The van der Waals surface area contributed by atoms with Gasteiger partial charge in [0.25, 0.3) is 0 Å². The smallest absolute Gasteiger partial charge is 0.224 e. The molecule has 0 aromatic heterocycles. The van der Waals surface area contributed by atoms with Crippen molar-refractivity contribution in [2.45, 2.75) is 0 Å². The van der Waals surface area contributed by atoms with E-state index in [1.54, 1.807) is 0 Å². The third kappa shape index (κ3) is 2.07. The van der Waals surface area contributed by atoms with Gasteiger partial charge in [0.15, 0.2) is 0 Å². The molecule has 1 amide bonds. The van der Waals surface area contributed by atoms with Gasteiger partial charge in [0.1, 0.15) is 0 Å². The van der Waals surface area contributed by atoms with Crippen LogP contribution in [0.5, 0.6) is 0 Å². The highest BCUT2D eigenvalue weighted by molar-refractivity contribution is 7.66. The third-order valence-corrected chi connectivity index (χ3v) is 4.62. The summed E-state index contributed by atoms with van der Waals surface area (Å²) in [6, 6.07) is 10.4. The average molecular weight is 193 g/mol. The van der Waals surface area contributed by atoms with Gasteiger partial charge in [-0.05, 0) is 11.5 Å². The first-order chi connectivity index (χ1) is 6.36. The third-order valence-electron chi connectivity index (χ3n) is 2.16. The van der Waals surface area contributed by atoms with Crippen LogP contribution in [-0.2, 0) is 4.79 Å². The summed E-state index contributed by atoms with van der Waals surface area (Å²) < 4.78 is 0. The van der Waals surface area contributed by atoms with Gasteiger partial charge in [-0.15, -0.1) is 0 Å². The van der Waals surface area contributed by atoms with Crippen molar-refractivity contribution in [1.82, 2.24) is 5.32 Å². The summed E-state index contributed by atoms with van der Waals surface area (Å²) in [4.78, 5) is 11.2. The second-order valence-electron chi connectivity index (χ2n) is 3.11. The average Bonchev–Trinajstić information content (AvgIpc) is 2.19. The Kier molecular flexibility index (Phi) is 2.60. The monoisotopic (exact) mass is 193 g/mol. The zero-order valence-electron chi connectivity index (χ0n) is 7.36. The van der Waals surface area contributed by atoms with E-state index >= 15 is 0 Å². The Morgan fingerprint density at radius 3 is 2.69 bits per heavy atom. The molecule has 1 N–H and O–H groups in total. The second-order valence-corrected chi connectivity index (χ2v) is 5.47. The van der Waals surface area contributed by atoms with Gasteiger partial charge in [0.2, 0.25) is 5.91 Å². The molecule has 2 rings (SSSR count). The fourth-order valence-electron chi connectivity index (χ4n) is 1.50. The van der Waals surface area contributed by atoms with Gasteiger partial charge in [-0.3, -0.25) is 4.79 Å². The number of hydrogen-bond acceptors (Lipinski definition) is 1. The van der Waals surface area contributed by atoms with Gasteiger partial charge < -0.3 is 5.32 Å². The molecule has 1 unspecified atom stereocenters. The summed E-state index contributed by atoms with van der Waals surface area (Å²) in [7, 11) is -0.218. The SMILES string of the molecule is O=C1CP(c2ccccc2)CCN1. The first kappa shape index (κ1) is 8.71. The van der Waals surface area contributed by atoms with Crippen molar-refractivity contribution in [2.75, 3.05) is 18.9 Å². The van der Waals surface area contributed by atoms with Crippen LogP contribution in [0.1, 0.15) is 0 Å². The minimum atomic E-state index is -0.218. The lowest BCUT2D eigenvalue weighted by molar-refractivity contribution is -0.118. The quantitative estimate of drug-likeness (QED) is 0.660. The first-order valence-electron chi connectivity index (χ1n) is 4.43. The molecule has 13 heavy (non-hydrogen) atoms. The number of benzene rings is 1. The van der Waals surface area contributed by atoms with Crippen LogP contribution in [0.25, 0.3) is 0 Å². The molecule has 1 aliphatic heterocycles. The predicted molar refractivity (Wildman–Crippen MR) is 55.7 cm³/mol. The standard InChI is InChI=1S/C10H12NOP/c12-10-8-13(7-6-11-10)9-4-2-1-3-5-9/h1-5H,6-8H2,(H,11,12).